The first kappa shape index (κ1) is 18.4. The molecule has 144 valence electrons. The molecule has 0 bridgehead atoms. The summed E-state index contributed by atoms with van der Waals surface area (Å²) in [5, 5.41) is 3.75. The van der Waals surface area contributed by atoms with Crippen molar-refractivity contribution in [3.8, 4) is 0 Å². The summed E-state index contributed by atoms with van der Waals surface area (Å²) in [4.78, 5) is 34.3. The SMILES string of the molecule is O=C(NCC1CCCN(Cc2cc(=O)c3ccccc3[nH]2)C1)c1cccnc1. The number of hydrogen-bond donors (Lipinski definition) is 2. The maximum Gasteiger partial charge on any atom is 0.252 e. The van der Waals surface area contributed by atoms with E-state index in [0.717, 1.165) is 42.5 Å². The fourth-order valence-corrected chi connectivity index (χ4v) is 3.88. The number of aromatic amines is 1. The van der Waals surface area contributed by atoms with E-state index in [-0.39, 0.29) is 11.3 Å². The average molecular weight is 376 g/mol. The largest absolute Gasteiger partial charge is 0.357 e. The van der Waals surface area contributed by atoms with E-state index in [1.165, 1.54) is 0 Å². The minimum atomic E-state index is -0.0796. The predicted molar refractivity (Wildman–Crippen MR) is 109 cm³/mol. The molecule has 0 saturated carbocycles. The van der Waals surface area contributed by atoms with Crippen LogP contribution >= 0.6 is 0 Å². The van der Waals surface area contributed by atoms with Gasteiger partial charge in [-0.3, -0.25) is 19.5 Å². The van der Waals surface area contributed by atoms with Gasteiger partial charge >= 0.3 is 0 Å². The summed E-state index contributed by atoms with van der Waals surface area (Å²) >= 11 is 0. The zero-order valence-electron chi connectivity index (χ0n) is 15.7. The molecule has 1 fully saturated rings. The fourth-order valence-electron chi connectivity index (χ4n) is 3.88. The highest BCUT2D eigenvalue weighted by Crippen LogP contribution is 2.18. The van der Waals surface area contributed by atoms with E-state index in [1.54, 1.807) is 30.6 Å². The Labute approximate surface area is 163 Å². The summed E-state index contributed by atoms with van der Waals surface area (Å²) in [6.45, 7) is 3.27. The number of fused-ring (bicyclic) bond motifs is 1. The van der Waals surface area contributed by atoms with E-state index < -0.39 is 0 Å². The van der Waals surface area contributed by atoms with Gasteiger partial charge in [0.05, 0.1) is 5.56 Å². The molecule has 28 heavy (non-hydrogen) atoms. The minimum absolute atomic E-state index is 0.0571. The molecule has 1 atom stereocenters. The number of para-hydroxylation sites is 1. The number of rotatable bonds is 5. The number of nitrogens with one attached hydrogen (secondary N) is 2. The highest BCUT2D eigenvalue weighted by atomic mass is 16.1. The van der Waals surface area contributed by atoms with E-state index >= 15 is 0 Å². The molecule has 1 amide bonds. The number of carbonyl (C=O) groups is 1. The van der Waals surface area contributed by atoms with Crippen molar-refractivity contribution in [3.63, 3.8) is 0 Å². The Morgan fingerprint density at radius 1 is 1.25 bits per heavy atom. The third kappa shape index (κ3) is 4.28. The molecule has 0 radical (unpaired) electrons. The zero-order valence-corrected chi connectivity index (χ0v) is 15.7. The van der Waals surface area contributed by atoms with Gasteiger partial charge in [0.2, 0.25) is 0 Å². The highest BCUT2D eigenvalue weighted by molar-refractivity contribution is 5.93. The van der Waals surface area contributed by atoms with Gasteiger partial charge in [0.15, 0.2) is 5.43 Å². The van der Waals surface area contributed by atoms with Gasteiger partial charge in [0.1, 0.15) is 0 Å². The molecule has 2 aromatic heterocycles. The van der Waals surface area contributed by atoms with E-state index in [2.05, 4.69) is 20.2 Å². The normalized spacial score (nSPS) is 17.5. The monoisotopic (exact) mass is 376 g/mol. The van der Waals surface area contributed by atoms with Crippen molar-refractivity contribution in [3.05, 3.63) is 76.3 Å². The number of amides is 1. The van der Waals surface area contributed by atoms with Crippen LogP contribution in [0.5, 0.6) is 0 Å². The van der Waals surface area contributed by atoms with Crippen molar-refractivity contribution < 1.29 is 4.79 Å². The average Bonchev–Trinajstić information content (AvgIpc) is 2.73. The number of nitrogens with zero attached hydrogens (tertiary/aromatic N) is 2. The third-order valence-electron chi connectivity index (χ3n) is 5.27. The number of piperidine rings is 1. The van der Waals surface area contributed by atoms with Crippen molar-refractivity contribution in [2.45, 2.75) is 19.4 Å². The van der Waals surface area contributed by atoms with Crippen molar-refractivity contribution in [2.24, 2.45) is 5.92 Å². The number of pyridine rings is 2. The van der Waals surface area contributed by atoms with Crippen LogP contribution in [0.15, 0.2) is 59.7 Å². The smallest absolute Gasteiger partial charge is 0.252 e. The van der Waals surface area contributed by atoms with Crippen LogP contribution in [-0.2, 0) is 6.54 Å². The molecule has 0 spiro atoms. The second-order valence-corrected chi connectivity index (χ2v) is 7.40. The topological polar surface area (TPSA) is 78.1 Å². The van der Waals surface area contributed by atoms with Gasteiger partial charge < -0.3 is 10.3 Å². The molecule has 1 aliphatic heterocycles. The molecule has 0 aliphatic carbocycles. The summed E-state index contributed by atoms with van der Waals surface area (Å²) < 4.78 is 0. The summed E-state index contributed by atoms with van der Waals surface area (Å²) in [5.74, 6) is 0.325. The van der Waals surface area contributed by atoms with Gasteiger partial charge in [-0.25, -0.2) is 0 Å². The Hall–Kier alpha value is -2.99. The lowest BCUT2D eigenvalue weighted by Gasteiger charge is -2.32. The second kappa shape index (κ2) is 8.35. The van der Waals surface area contributed by atoms with Crippen molar-refractivity contribution in [1.29, 1.82) is 0 Å². The lowest BCUT2D eigenvalue weighted by Crippen LogP contribution is -2.40. The quantitative estimate of drug-likeness (QED) is 0.717. The Bertz CT molecular complexity index is 1020. The Kier molecular flexibility index (Phi) is 5.48. The highest BCUT2D eigenvalue weighted by Gasteiger charge is 2.21. The van der Waals surface area contributed by atoms with Crippen LogP contribution < -0.4 is 10.7 Å². The Morgan fingerprint density at radius 2 is 2.14 bits per heavy atom. The van der Waals surface area contributed by atoms with Gasteiger partial charge in [-0.1, -0.05) is 12.1 Å². The summed E-state index contributed by atoms with van der Waals surface area (Å²) in [7, 11) is 0. The summed E-state index contributed by atoms with van der Waals surface area (Å²) in [6.07, 6.45) is 5.43. The first-order chi connectivity index (χ1) is 13.7. The molecule has 2 N–H and O–H groups in total. The van der Waals surface area contributed by atoms with Crippen LogP contribution in [0.25, 0.3) is 10.9 Å². The van der Waals surface area contributed by atoms with Crippen LogP contribution in [-0.4, -0.2) is 40.4 Å². The Morgan fingerprint density at radius 3 is 3.00 bits per heavy atom. The van der Waals surface area contributed by atoms with Crippen LogP contribution in [0.3, 0.4) is 0 Å². The number of carbonyl (C=O) groups excluding carboxylic acids is 1. The van der Waals surface area contributed by atoms with Gasteiger partial charge in [-0.05, 0) is 49.6 Å². The number of H-pyrrole nitrogens is 1. The van der Waals surface area contributed by atoms with Crippen LogP contribution in [0.1, 0.15) is 28.9 Å². The van der Waals surface area contributed by atoms with Crippen LogP contribution in [0.4, 0.5) is 0 Å². The van der Waals surface area contributed by atoms with Crippen molar-refractivity contribution in [1.82, 2.24) is 20.2 Å². The molecule has 6 nitrogen and oxygen atoms in total. The molecular weight excluding hydrogens is 352 g/mol. The van der Waals surface area contributed by atoms with Gasteiger partial charge in [-0.15, -0.1) is 0 Å². The molecule has 3 heterocycles. The maximum absolute atomic E-state index is 12.3. The van der Waals surface area contributed by atoms with Gasteiger partial charge in [-0.2, -0.15) is 0 Å². The third-order valence-corrected chi connectivity index (χ3v) is 5.27. The van der Waals surface area contributed by atoms with Crippen LogP contribution in [0, 0.1) is 5.92 Å². The predicted octanol–water partition coefficient (Wildman–Crippen LogP) is 2.57. The molecule has 4 rings (SSSR count). The summed E-state index contributed by atoms with van der Waals surface area (Å²) in [6, 6.07) is 12.8. The van der Waals surface area contributed by atoms with Gasteiger partial charge in [0, 0.05) is 54.7 Å². The molecule has 1 aromatic carbocycles. The van der Waals surface area contributed by atoms with Gasteiger partial charge in [0.25, 0.3) is 5.91 Å². The molecular formula is C22H24N4O2. The number of likely N-dealkylation sites (tertiary alicyclic amines) is 1. The molecule has 3 aromatic rings. The standard InChI is InChI=1S/C22H24N4O2/c27-21-11-18(25-20-8-2-1-7-19(20)21)15-26-10-4-5-16(14-26)12-24-22(28)17-6-3-9-23-13-17/h1-3,6-9,11,13,16H,4-5,10,12,14-15H2,(H,24,28)(H,25,27). The Balaban J connectivity index is 1.36. The summed E-state index contributed by atoms with van der Waals surface area (Å²) in [5.41, 5.74) is 2.46. The minimum Gasteiger partial charge on any atom is -0.357 e. The zero-order chi connectivity index (χ0) is 19.3. The van der Waals surface area contributed by atoms with E-state index in [4.69, 9.17) is 0 Å². The molecule has 1 saturated heterocycles. The molecule has 1 unspecified atom stereocenters. The van der Waals surface area contributed by atoms with E-state index in [1.807, 2.05) is 24.3 Å². The number of aromatic nitrogens is 2. The van der Waals surface area contributed by atoms with E-state index in [0.29, 0.717) is 24.6 Å². The number of benzene rings is 1. The number of hydrogen-bond acceptors (Lipinski definition) is 4. The first-order valence-electron chi connectivity index (χ1n) is 9.70. The van der Waals surface area contributed by atoms with Crippen molar-refractivity contribution >= 4 is 16.8 Å². The fraction of sp³-hybridized carbons (Fsp3) is 0.318. The molecule has 6 heteroatoms. The second-order valence-electron chi connectivity index (χ2n) is 7.40. The maximum atomic E-state index is 12.3. The van der Waals surface area contributed by atoms with Crippen molar-refractivity contribution in [2.75, 3.05) is 19.6 Å². The lowest BCUT2D eigenvalue weighted by atomic mass is 9.97. The van der Waals surface area contributed by atoms with E-state index in [9.17, 15) is 9.59 Å². The van der Waals surface area contributed by atoms with Crippen LogP contribution in [0.2, 0.25) is 0 Å². The first-order valence-corrected chi connectivity index (χ1v) is 9.70. The lowest BCUT2D eigenvalue weighted by molar-refractivity contribution is 0.0930. The molecule has 1 aliphatic rings.